The van der Waals surface area contributed by atoms with Crippen LogP contribution in [0.2, 0.25) is 5.28 Å². The SMILES string of the molecule is CCc1nnc(Cl)n1-c1ccc2c(c1)CCC2. The summed E-state index contributed by atoms with van der Waals surface area (Å²) in [6, 6.07) is 6.53. The highest BCUT2D eigenvalue weighted by atomic mass is 35.5. The molecule has 0 aliphatic heterocycles. The van der Waals surface area contributed by atoms with Gasteiger partial charge in [0.15, 0.2) is 0 Å². The lowest BCUT2D eigenvalue weighted by Crippen LogP contribution is -2.01. The summed E-state index contributed by atoms with van der Waals surface area (Å²) in [4.78, 5) is 0. The zero-order valence-electron chi connectivity index (χ0n) is 9.78. The third-order valence-electron chi connectivity index (χ3n) is 3.35. The average Bonchev–Trinajstić information content (AvgIpc) is 2.93. The largest absolute Gasteiger partial charge is 0.270 e. The summed E-state index contributed by atoms with van der Waals surface area (Å²) in [5, 5.41) is 8.47. The zero-order chi connectivity index (χ0) is 11.8. The van der Waals surface area contributed by atoms with Gasteiger partial charge in [0, 0.05) is 6.42 Å². The molecule has 0 atom stereocenters. The molecule has 1 aromatic carbocycles. The van der Waals surface area contributed by atoms with E-state index in [1.807, 2.05) is 4.57 Å². The van der Waals surface area contributed by atoms with E-state index in [4.69, 9.17) is 11.6 Å². The Kier molecular flexibility index (Phi) is 2.63. The fourth-order valence-electron chi connectivity index (χ4n) is 2.48. The molecular weight excluding hydrogens is 234 g/mol. The van der Waals surface area contributed by atoms with Gasteiger partial charge in [-0.25, -0.2) is 0 Å². The molecular formula is C13H14ClN3. The summed E-state index contributed by atoms with van der Waals surface area (Å²) < 4.78 is 1.93. The molecule has 1 aromatic heterocycles. The molecule has 0 saturated heterocycles. The molecule has 88 valence electrons. The van der Waals surface area contributed by atoms with Crippen molar-refractivity contribution in [2.75, 3.05) is 0 Å². The van der Waals surface area contributed by atoms with Crippen LogP contribution in [0.1, 0.15) is 30.3 Å². The van der Waals surface area contributed by atoms with Crippen molar-refractivity contribution in [2.24, 2.45) is 0 Å². The maximum Gasteiger partial charge on any atom is 0.229 e. The summed E-state index contributed by atoms with van der Waals surface area (Å²) in [6.45, 7) is 2.06. The topological polar surface area (TPSA) is 30.7 Å². The fraction of sp³-hybridized carbons (Fsp3) is 0.385. The summed E-state index contributed by atoms with van der Waals surface area (Å²) >= 11 is 6.10. The predicted octanol–water partition coefficient (Wildman–Crippen LogP) is 2.97. The smallest absolute Gasteiger partial charge is 0.229 e. The van der Waals surface area contributed by atoms with Crippen LogP contribution in [0.25, 0.3) is 5.69 Å². The van der Waals surface area contributed by atoms with Crippen LogP contribution in [0.5, 0.6) is 0 Å². The van der Waals surface area contributed by atoms with Gasteiger partial charge < -0.3 is 0 Å². The van der Waals surface area contributed by atoms with Gasteiger partial charge in [0.05, 0.1) is 5.69 Å². The Morgan fingerprint density at radius 2 is 2.06 bits per heavy atom. The molecule has 3 rings (SSSR count). The maximum absolute atomic E-state index is 6.10. The molecule has 0 saturated carbocycles. The van der Waals surface area contributed by atoms with Gasteiger partial charge in [0.25, 0.3) is 0 Å². The Bertz CT molecular complexity index is 560. The van der Waals surface area contributed by atoms with Crippen LogP contribution in [-0.4, -0.2) is 14.8 Å². The van der Waals surface area contributed by atoms with Gasteiger partial charge in [-0.3, -0.25) is 4.57 Å². The molecule has 3 nitrogen and oxygen atoms in total. The Morgan fingerprint density at radius 1 is 1.24 bits per heavy atom. The Labute approximate surface area is 105 Å². The van der Waals surface area contributed by atoms with Crippen molar-refractivity contribution in [3.63, 3.8) is 0 Å². The first-order valence-corrected chi connectivity index (χ1v) is 6.39. The molecule has 1 heterocycles. The zero-order valence-corrected chi connectivity index (χ0v) is 10.5. The third-order valence-corrected chi connectivity index (χ3v) is 3.59. The molecule has 0 unspecified atom stereocenters. The molecule has 0 fully saturated rings. The molecule has 1 aliphatic rings. The number of nitrogens with zero attached hydrogens (tertiary/aromatic N) is 3. The molecule has 0 radical (unpaired) electrons. The molecule has 4 heteroatoms. The van der Waals surface area contributed by atoms with E-state index in [9.17, 15) is 0 Å². The van der Waals surface area contributed by atoms with Crippen molar-refractivity contribution in [3.8, 4) is 5.69 Å². The van der Waals surface area contributed by atoms with Crippen molar-refractivity contribution in [1.29, 1.82) is 0 Å². The number of aryl methyl sites for hydroxylation is 3. The second kappa shape index (κ2) is 4.15. The first-order chi connectivity index (χ1) is 8.29. The van der Waals surface area contributed by atoms with Crippen LogP contribution in [0.4, 0.5) is 0 Å². The standard InChI is InChI=1S/C13H14ClN3/c1-2-12-15-16-13(14)17(12)11-7-6-9-4-3-5-10(9)8-11/h6-8H,2-5H2,1H3. The summed E-state index contributed by atoms with van der Waals surface area (Å²) in [5.74, 6) is 0.910. The van der Waals surface area contributed by atoms with E-state index in [-0.39, 0.29) is 0 Å². The average molecular weight is 248 g/mol. The van der Waals surface area contributed by atoms with Crippen LogP contribution in [0, 0.1) is 0 Å². The summed E-state index contributed by atoms with van der Waals surface area (Å²) in [6.07, 6.45) is 4.46. The predicted molar refractivity (Wildman–Crippen MR) is 67.8 cm³/mol. The van der Waals surface area contributed by atoms with Crippen LogP contribution in [0.15, 0.2) is 18.2 Å². The number of fused-ring (bicyclic) bond motifs is 1. The van der Waals surface area contributed by atoms with Gasteiger partial charge in [0.2, 0.25) is 5.28 Å². The van der Waals surface area contributed by atoms with Crippen molar-refractivity contribution >= 4 is 11.6 Å². The number of halogens is 1. The van der Waals surface area contributed by atoms with Gasteiger partial charge in [-0.05, 0) is 54.1 Å². The summed E-state index contributed by atoms with van der Waals surface area (Å²) in [5.41, 5.74) is 3.99. The molecule has 17 heavy (non-hydrogen) atoms. The fourth-order valence-corrected chi connectivity index (χ4v) is 2.71. The van der Waals surface area contributed by atoms with E-state index >= 15 is 0 Å². The van der Waals surface area contributed by atoms with Crippen LogP contribution < -0.4 is 0 Å². The van der Waals surface area contributed by atoms with Gasteiger partial charge in [-0.15, -0.1) is 10.2 Å². The molecule has 0 N–H and O–H groups in total. The molecule has 0 bridgehead atoms. The van der Waals surface area contributed by atoms with E-state index in [0.29, 0.717) is 5.28 Å². The lowest BCUT2D eigenvalue weighted by atomic mass is 10.1. The molecule has 0 spiro atoms. The van der Waals surface area contributed by atoms with Crippen molar-refractivity contribution in [3.05, 3.63) is 40.4 Å². The first-order valence-electron chi connectivity index (χ1n) is 6.01. The monoisotopic (exact) mass is 247 g/mol. The highest BCUT2D eigenvalue weighted by Crippen LogP contribution is 2.26. The highest BCUT2D eigenvalue weighted by Gasteiger charge is 2.15. The first kappa shape index (κ1) is 10.8. The minimum absolute atomic E-state index is 0.444. The normalized spacial score (nSPS) is 14.0. The van der Waals surface area contributed by atoms with Crippen LogP contribution in [0.3, 0.4) is 0 Å². The van der Waals surface area contributed by atoms with E-state index < -0.39 is 0 Å². The summed E-state index contributed by atoms with van der Waals surface area (Å²) in [7, 11) is 0. The second-order valence-corrected chi connectivity index (χ2v) is 4.72. The Hall–Kier alpha value is -1.35. The lowest BCUT2D eigenvalue weighted by Gasteiger charge is -2.08. The minimum Gasteiger partial charge on any atom is -0.270 e. The molecule has 0 amide bonds. The number of aromatic nitrogens is 3. The maximum atomic E-state index is 6.10. The Balaban J connectivity index is 2.12. The third kappa shape index (κ3) is 1.75. The van der Waals surface area contributed by atoms with E-state index in [1.165, 1.54) is 30.4 Å². The number of hydrogen-bond donors (Lipinski definition) is 0. The number of hydrogen-bond acceptors (Lipinski definition) is 2. The van der Waals surface area contributed by atoms with Gasteiger partial charge in [-0.2, -0.15) is 0 Å². The number of benzene rings is 1. The Morgan fingerprint density at radius 3 is 2.88 bits per heavy atom. The quantitative estimate of drug-likeness (QED) is 0.817. The second-order valence-electron chi connectivity index (χ2n) is 4.38. The van der Waals surface area contributed by atoms with E-state index in [2.05, 4.69) is 35.3 Å². The molecule has 2 aromatic rings. The highest BCUT2D eigenvalue weighted by molar-refractivity contribution is 6.28. The minimum atomic E-state index is 0.444. The van der Waals surface area contributed by atoms with Gasteiger partial charge in [-0.1, -0.05) is 13.0 Å². The van der Waals surface area contributed by atoms with Gasteiger partial charge >= 0.3 is 0 Å². The van der Waals surface area contributed by atoms with Crippen LogP contribution >= 0.6 is 11.6 Å². The van der Waals surface area contributed by atoms with E-state index in [1.54, 1.807) is 0 Å². The van der Waals surface area contributed by atoms with Crippen molar-refractivity contribution in [1.82, 2.24) is 14.8 Å². The van der Waals surface area contributed by atoms with Crippen molar-refractivity contribution < 1.29 is 0 Å². The lowest BCUT2D eigenvalue weighted by molar-refractivity contribution is 0.881. The van der Waals surface area contributed by atoms with Crippen LogP contribution in [-0.2, 0) is 19.3 Å². The van der Waals surface area contributed by atoms with Crippen molar-refractivity contribution in [2.45, 2.75) is 32.6 Å². The van der Waals surface area contributed by atoms with Gasteiger partial charge in [0.1, 0.15) is 5.82 Å². The molecule has 1 aliphatic carbocycles. The number of rotatable bonds is 2. The van der Waals surface area contributed by atoms with E-state index in [0.717, 1.165) is 17.9 Å².